The molecule has 0 spiro atoms. The summed E-state index contributed by atoms with van der Waals surface area (Å²) in [6.45, 7) is 0. The van der Waals surface area contributed by atoms with Crippen molar-refractivity contribution in [2.24, 2.45) is 0 Å². The summed E-state index contributed by atoms with van der Waals surface area (Å²) in [7, 11) is 0. The molecule has 0 unspecified atom stereocenters. The Morgan fingerprint density at radius 1 is 0.231 bits per heavy atom. The van der Waals surface area contributed by atoms with E-state index in [1.807, 2.05) is 12.1 Å². The molecule has 0 aliphatic heterocycles. The highest BCUT2D eigenvalue weighted by Gasteiger charge is 2.22. The van der Waals surface area contributed by atoms with Crippen molar-refractivity contribution in [2.75, 3.05) is 0 Å². The maximum atomic E-state index is 6.51. The molecule has 0 atom stereocenters. The third kappa shape index (κ3) is 6.25. The maximum Gasteiger partial charge on any atom is 0.143 e. The Balaban J connectivity index is 0.987. The van der Waals surface area contributed by atoms with Crippen molar-refractivity contribution in [3.05, 3.63) is 253 Å². The summed E-state index contributed by atoms with van der Waals surface area (Å²) < 4.78 is 13.0. The number of rotatable bonds is 7. The fraction of sp³-hybridized carbons (Fsp3) is 0.0159. The van der Waals surface area contributed by atoms with Gasteiger partial charge in [0.1, 0.15) is 22.3 Å². The first-order chi connectivity index (χ1) is 32.2. The molecule has 11 aromatic carbocycles. The molecule has 13 aromatic rings. The van der Waals surface area contributed by atoms with Crippen molar-refractivity contribution in [3.63, 3.8) is 0 Å². The lowest BCUT2D eigenvalue weighted by atomic mass is 9.82. The Bertz CT molecular complexity index is 3750. The Morgan fingerprint density at radius 3 is 1.15 bits per heavy atom. The van der Waals surface area contributed by atoms with E-state index in [1.165, 1.54) is 72.0 Å². The predicted octanol–water partition coefficient (Wildman–Crippen LogP) is 17.6. The van der Waals surface area contributed by atoms with Gasteiger partial charge in [-0.3, -0.25) is 0 Å². The molecule has 304 valence electrons. The van der Waals surface area contributed by atoms with Crippen molar-refractivity contribution < 1.29 is 8.83 Å². The molecule has 0 N–H and O–H groups in total. The molecule has 0 fully saturated rings. The van der Waals surface area contributed by atoms with Gasteiger partial charge in [0, 0.05) is 38.2 Å². The van der Waals surface area contributed by atoms with Gasteiger partial charge in [-0.1, -0.05) is 206 Å². The van der Waals surface area contributed by atoms with Gasteiger partial charge in [-0.25, -0.2) is 0 Å². The maximum absolute atomic E-state index is 6.51. The third-order valence-electron chi connectivity index (χ3n) is 13.4. The quantitative estimate of drug-likeness (QED) is 0.150. The van der Waals surface area contributed by atoms with E-state index in [2.05, 4.69) is 224 Å². The molecule has 0 saturated carbocycles. The van der Waals surface area contributed by atoms with E-state index in [4.69, 9.17) is 8.83 Å². The van der Waals surface area contributed by atoms with E-state index in [1.54, 1.807) is 0 Å². The second-order valence-corrected chi connectivity index (χ2v) is 17.1. The molecular weight excluding hydrogens is 789 g/mol. The van der Waals surface area contributed by atoms with E-state index in [-0.39, 0.29) is 5.92 Å². The van der Waals surface area contributed by atoms with Crippen LogP contribution in [0.15, 0.2) is 245 Å². The van der Waals surface area contributed by atoms with Crippen LogP contribution in [0.2, 0.25) is 0 Å². The molecule has 2 nitrogen and oxygen atoms in total. The molecule has 0 bridgehead atoms. The Kier molecular flexibility index (Phi) is 8.63. The number of hydrogen-bond donors (Lipinski definition) is 0. The van der Waals surface area contributed by atoms with Crippen LogP contribution in [0.1, 0.15) is 22.6 Å². The van der Waals surface area contributed by atoms with E-state index in [0.717, 1.165) is 54.6 Å². The number of benzene rings is 11. The van der Waals surface area contributed by atoms with Crippen LogP contribution in [0.4, 0.5) is 0 Å². The summed E-state index contributed by atoms with van der Waals surface area (Å²) in [6, 6.07) is 85.7. The van der Waals surface area contributed by atoms with Gasteiger partial charge < -0.3 is 8.83 Å². The summed E-state index contributed by atoms with van der Waals surface area (Å²) in [5.74, 6) is -0.0610. The van der Waals surface area contributed by atoms with Crippen molar-refractivity contribution in [3.8, 4) is 44.5 Å². The highest BCUT2D eigenvalue weighted by atomic mass is 16.3. The van der Waals surface area contributed by atoms with Crippen LogP contribution in [0, 0.1) is 0 Å². The normalized spacial score (nSPS) is 11.8. The minimum atomic E-state index is -0.0610. The van der Waals surface area contributed by atoms with Crippen LogP contribution in [0.3, 0.4) is 0 Å². The van der Waals surface area contributed by atoms with Crippen molar-refractivity contribution >= 4 is 65.4 Å². The molecule has 0 saturated heterocycles. The zero-order chi connectivity index (χ0) is 42.8. The van der Waals surface area contributed by atoms with Gasteiger partial charge in [0.25, 0.3) is 0 Å². The zero-order valence-corrected chi connectivity index (χ0v) is 35.4. The molecule has 13 rings (SSSR count). The Hall–Kier alpha value is -8.46. The average Bonchev–Trinajstić information content (AvgIpc) is 3.96. The molecule has 0 radical (unpaired) electrons. The fourth-order valence-electron chi connectivity index (χ4n) is 10.3. The summed E-state index contributed by atoms with van der Waals surface area (Å²) in [4.78, 5) is 0. The largest absolute Gasteiger partial charge is 0.455 e. The molecule has 0 amide bonds. The fourth-order valence-corrected chi connectivity index (χ4v) is 10.3. The third-order valence-corrected chi connectivity index (χ3v) is 13.4. The zero-order valence-electron chi connectivity index (χ0n) is 35.4. The molecule has 2 heteroatoms. The highest BCUT2D eigenvalue weighted by Crippen LogP contribution is 2.44. The number of para-hydroxylation sites is 2. The van der Waals surface area contributed by atoms with E-state index < -0.39 is 0 Å². The monoisotopic (exact) mass is 828 g/mol. The topological polar surface area (TPSA) is 26.3 Å². The standard InChI is InChI=1S/C63H40O2/c1-2-15-40(16-3-1)43-17-12-18-44(35-43)41-31-33-42(34-32-41)61(47-21-13-19-45(36-47)55-38-57-51-25-8-10-29-59(51)64-62(57)53-27-6-4-23-49(53)55)48-22-14-20-46(37-48)56-39-58-52-26-9-11-30-60(52)65-63(58)54-28-7-5-24-50(54)56/h1-39,61H. The van der Waals surface area contributed by atoms with Crippen LogP contribution in [0.25, 0.3) is 110 Å². The minimum Gasteiger partial charge on any atom is -0.455 e. The summed E-state index contributed by atoms with van der Waals surface area (Å²) in [5.41, 5.74) is 16.9. The number of furan rings is 2. The molecule has 0 aliphatic carbocycles. The molecule has 2 aromatic heterocycles. The predicted molar refractivity (Wildman–Crippen MR) is 272 cm³/mol. The Labute approximate surface area is 376 Å². The van der Waals surface area contributed by atoms with Crippen LogP contribution in [-0.2, 0) is 0 Å². The molecular formula is C63H40O2. The molecule has 2 heterocycles. The van der Waals surface area contributed by atoms with Gasteiger partial charge in [0.2, 0.25) is 0 Å². The van der Waals surface area contributed by atoms with Gasteiger partial charge in [-0.05, 0) is 102 Å². The number of fused-ring (bicyclic) bond motifs is 10. The van der Waals surface area contributed by atoms with Crippen molar-refractivity contribution in [2.45, 2.75) is 5.92 Å². The minimum absolute atomic E-state index is 0.0610. The second-order valence-electron chi connectivity index (χ2n) is 17.1. The van der Waals surface area contributed by atoms with Crippen molar-refractivity contribution in [1.29, 1.82) is 0 Å². The lowest BCUT2D eigenvalue weighted by Gasteiger charge is -2.22. The first kappa shape index (κ1) is 37.1. The van der Waals surface area contributed by atoms with E-state index in [0.29, 0.717) is 0 Å². The SMILES string of the molecule is c1ccc(-c2cccc(-c3ccc(C(c4cccc(-c5cc6c7ccccc7oc6c6ccccc56)c4)c4cccc(-c5cc6c7ccccc7oc6c6ccccc56)c4)cc3)c2)cc1. The van der Waals surface area contributed by atoms with E-state index in [9.17, 15) is 0 Å². The van der Waals surface area contributed by atoms with Crippen LogP contribution in [0.5, 0.6) is 0 Å². The molecule has 0 aliphatic rings. The second kappa shape index (κ2) is 15.1. The van der Waals surface area contributed by atoms with E-state index >= 15 is 0 Å². The average molecular weight is 829 g/mol. The summed E-state index contributed by atoms with van der Waals surface area (Å²) >= 11 is 0. The van der Waals surface area contributed by atoms with Gasteiger partial charge in [0.15, 0.2) is 0 Å². The van der Waals surface area contributed by atoms with Gasteiger partial charge in [-0.15, -0.1) is 0 Å². The molecule has 65 heavy (non-hydrogen) atoms. The summed E-state index contributed by atoms with van der Waals surface area (Å²) in [6.07, 6.45) is 0. The Morgan fingerprint density at radius 2 is 0.631 bits per heavy atom. The first-order valence-electron chi connectivity index (χ1n) is 22.3. The van der Waals surface area contributed by atoms with Crippen LogP contribution in [-0.4, -0.2) is 0 Å². The lowest BCUT2D eigenvalue weighted by molar-refractivity contribution is 0.672. The van der Waals surface area contributed by atoms with Crippen LogP contribution >= 0.6 is 0 Å². The highest BCUT2D eigenvalue weighted by molar-refractivity contribution is 6.20. The smallest absolute Gasteiger partial charge is 0.143 e. The first-order valence-corrected chi connectivity index (χ1v) is 22.3. The van der Waals surface area contributed by atoms with Gasteiger partial charge in [0.05, 0.1) is 0 Å². The van der Waals surface area contributed by atoms with Crippen molar-refractivity contribution in [1.82, 2.24) is 0 Å². The summed E-state index contributed by atoms with van der Waals surface area (Å²) in [5, 5.41) is 9.10. The lowest BCUT2D eigenvalue weighted by Crippen LogP contribution is -2.04. The van der Waals surface area contributed by atoms with Gasteiger partial charge >= 0.3 is 0 Å². The van der Waals surface area contributed by atoms with Crippen LogP contribution < -0.4 is 0 Å². The van der Waals surface area contributed by atoms with Gasteiger partial charge in [-0.2, -0.15) is 0 Å². The number of hydrogen-bond acceptors (Lipinski definition) is 2.